The molecule has 0 radical (unpaired) electrons. The summed E-state index contributed by atoms with van der Waals surface area (Å²) in [5.41, 5.74) is 9.86. The molecule has 0 fully saturated rings. The quantitative estimate of drug-likeness (QED) is 0.780. The van der Waals surface area contributed by atoms with Crippen molar-refractivity contribution in [3.63, 3.8) is 0 Å². The molecule has 0 saturated heterocycles. The first-order valence-electron chi connectivity index (χ1n) is 5.86. The van der Waals surface area contributed by atoms with Crippen LogP contribution in [-0.4, -0.2) is 21.7 Å². The van der Waals surface area contributed by atoms with Crippen molar-refractivity contribution in [2.75, 3.05) is 12.8 Å². The minimum atomic E-state index is 0.525. The van der Waals surface area contributed by atoms with Crippen molar-refractivity contribution in [1.82, 2.24) is 14.6 Å². The second kappa shape index (κ2) is 4.24. The summed E-state index contributed by atoms with van der Waals surface area (Å²) in [6, 6.07) is 4.11. The lowest BCUT2D eigenvalue weighted by atomic mass is 10.0. The van der Waals surface area contributed by atoms with E-state index in [4.69, 9.17) is 10.5 Å². The molecule has 2 N–H and O–H groups in total. The molecule has 2 aromatic heterocycles. The van der Waals surface area contributed by atoms with Crippen molar-refractivity contribution in [3.05, 3.63) is 29.5 Å². The highest BCUT2D eigenvalue weighted by atomic mass is 32.1. The summed E-state index contributed by atoms with van der Waals surface area (Å²) in [7, 11) is 1.68. The number of fused-ring (bicyclic) bond motifs is 1. The Balaban J connectivity index is 2.15. The molecule has 0 atom stereocenters. The number of methoxy groups -OCH3 is 1. The molecule has 0 bridgehead atoms. The van der Waals surface area contributed by atoms with Crippen molar-refractivity contribution < 1.29 is 4.74 Å². The summed E-state index contributed by atoms with van der Waals surface area (Å²) in [5, 5.41) is 4.70. The van der Waals surface area contributed by atoms with Crippen LogP contribution >= 0.6 is 11.3 Å². The second-order valence-corrected chi connectivity index (χ2v) is 5.42. The maximum atomic E-state index is 5.65. The van der Waals surface area contributed by atoms with Crippen molar-refractivity contribution >= 4 is 21.4 Å². The number of nitrogens with zero attached hydrogens (tertiary/aromatic N) is 3. The van der Waals surface area contributed by atoms with Crippen LogP contribution in [0.4, 0.5) is 5.13 Å². The van der Waals surface area contributed by atoms with E-state index in [0.29, 0.717) is 5.13 Å². The number of anilines is 1. The maximum Gasteiger partial charge on any atom is 0.214 e. The van der Waals surface area contributed by atoms with E-state index >= 15 is 0 Å². The number of imidazole rings is 1. The van der Waals surface area contributed by atoms with E-state index < -0.39 is 0 Å². The summed E-state index contributed by atoms with van der Waals surface area (Å²) in [6.07, 6.45) is 1.90. The maximum absolute atomic E-state index is 5.65. The van der Waals surface area contributed by atoms with Gasteiger partial charge in [0.05, 0.1) is 19.0 Å². The highest BCUT2D eigenvalue weighted by Gasteiger charge is 2.12. The highest BCUT2D eigenvalue weighted by Crippen LogP contribution is 2.30. The SMILES string of the molecule is COc1cc(C)c(-c2cn3nc(N)sc3n2)cc1C. The van der Waals surface area contributed by atoms with Crippen LogP contribution in [0.15, 0.2) is 18.3 Å². The van der Waals surface area contributed by atoms with Crippen LogP contribution in [0, 0.1) is 13.8 Å². The van der Waals surface area contributed by atoms with E-state index in [1.165, 1.54) is 11.3 Å². The topological polar surface area (TPSA) is 65.4 Å². The molecule has 1 aromatic carbocycles. The molecule has 3 rings (SSSR count). The zero-order chi connectivity index (χ0) is 13.6. The molecule has 0 saturated carbocycles. The average Bonchev–Trinajstić information content (AvgIpc) is 2.88. The molecule has 98 valence electrons. The van der Waals surface area contributed by atoms with Gasteiger partial charge < -0.3 is 10.5 Å². The highest BCUT2D eigenvalue weighted by molar-refractivity contribution is 7.20. The fourth-order valence-electron chi connectivity index (χ4n) is 2.13. The number of nitrogens with two attached hydrogens (primary N) is 1. The molecule has 3 aromatic rings. The predicted octanol–water partition coefficient (Wildman–Crippen LogP) is 2.67. The van der Waals surface area contributed by atoms with Gasteiger partial charge in [0.2, 0.25) is 10.1 Å². The largest absolute Gasteiger partial charge is 0.496 e. The molecule has 2 heterocycles. The lowest BCUT2D eigenvalue weighted by Gasteiger charge is -2.09. The fraction of sp³-hybridized carbons (Fsp3) is 0.231. The lowest BCUT2D eigenvalue weighted by Crippen LogP contribution is -1.91. The third-order valence-electron chi connectivity index (χ3n) is 3.08. The van der Waals surface area contributed by atoms with Crippen LogP contribution < -0.4 is 10.5 Å². The first kappa shape index (κ1) is 12.0. The van der Waals surface area contributed by atoms with Crippen LogP contribution in [0.2, 0.25) is 0 Å². The number of aromatic nitrogens is 3. The first-order chi connectivity index (χ1) is 9.08. The molecule has 6 heteroatoms. The first-order valence-corrected chi connectivity index (χ1v) is 6.67. The Morgan fingerprint density at radius 1 is 1.26 bits per heavy atom. The monoisotopic (exact) mass is 274 g/mol. The number of rotatable bonds is 2. The van der Waals surface area contributed by atoms with Gasteiger partial charge in [0.15, 0.2) is 0 Å². The third kappa shape index (κ3) is 1.94. The van der Waals surface area contributed by atoms with E-state index in [1.807, 2.05) is 26.1 Å². The van der Waals surface area contributed by atoms with Crippen LogP contribution in [0.1, 0.15) is 11.1 Å². The number of benzene rings is 1. The Morgan fingerprint density at radius 3 is 2.74 bits per heavy atom. The molecular weight excluding hydrogens is 260 g/mol. The van der Waals surface area contributed by atoms with E-state index in [2.05, 4.69) is 16.1 Å². The molecule has 0 spiro atoms. The molecule has 0 unspecified atom stereocenters. The van der Waals surface area contributed by atoms with Crippen molar-refractivity contribution in [2.24, 2.45) is 0 Å². The predicted molar refractivity (Wildman–Crippen MR) is 76.7 cm³/mol. The fourth-order valence-corrected chi connectivity index (χ4v) is 2.78. The number of ether oxygens (including phenoxy) is 1. The summed E-state index contributed by atoms with van der Waals surface area (Å²) in [4.78, 5) is 5.37. The molecular formula is C13H14N4OS. The number of nitrogen functional groups attached to an aromatic ring is 1. The van der Waals surface area contributed by atoms with Gasteiger partial charge in [-0.2, -0.15) is 0 Å². The smallest absolute Gasteiger partial charge is 0.214 e. The summed E-state index contributed by atoms with van der Waals surface area (Å²) >= 11 is 1.38. The summed E-state index contributed by atoms with van der Waals surface area (Å²) in [6.45, 7) is 4.07. The Hall–Kier alpha value is -2.08. The van der Waals surface area contributed by atoms with Gasteiger partial charge in [-0.3, -0.25) is 0 Å². The minimum absolute atomic E-state index is 0.525. The van der Waals surface area contributed by atoms with Gasteiger partial charge in [-0.05, 0) is 37.1 Å². The Labute approximate surface area is 114 Å². The summed E-state index contributed by atoms with van der Waals surface area (Å²) in [5.74, 6) is 0.893. The molecule has 0 aliphatic heterocycles. The molecule has 0 aliphatic rings. The third-order valence-corrected chi connectivity index (χ3v) is 3.83. The van der Waals surface area contributed by atoms with E-state index in [9.17, 15) is 0 Å². The van der Waals surface area contributed by atoms with Crippen molar-refractivity contribution in [1.29, 1.82) is 0 Å². The minimum Gasteiger partial charge on any atom is -0.496 e. The average molecular weight is 274 g/mol. The van der Waals surface area contributed by atoms with Crippen LogP contribution in [0.3, 0.4) is 0 Å². The van der Waals surface area contributed by atoms with Gasteiger partial charge in [-0.25, -0.2) is 9.50 Å². The molecule has 19 heavy (non-hydrogen) atoms. The van der Waals surface area contributed by atoms with Gasteiger partial charge in [0, 0.05) is 5.56 Å². The van der Waals surface area contributed by atoms with Gasteiger partial charge >= 0.3 is 0 Å². The normalized spacial score (nSPS) is 11.1. The standard InChI is InChI=1S/C13H14N4OS/c1-7-5-11(18-3)8(2)4-9(7)10-6-17-13(15-10)19-12(14)16-17/h4-6H,1-3H3,(H2,14,16). The van der Waals surface area contributed by atoms with Crippen LogP contribution in [-0.2, 0) is 0 Å². The van der Waals surface area contributed by atoms with Crippen molar-refractivity contribution in [3.8, 4) is 17.0 Å². The van der Waals surface area contributed by atoms with E-state index in [0.717, 1.165) is 33.1 Å². The van der Waals surface area contributed by atoms with Crippen molar-refractivity contribution in [2.45, 2.75) is 13.8 Å². The van der Waals surface area contributed by atoms with Crippen LogP contribution in [0.5, 0.6) is 5.75 Å². The summed E-state index contributed by atoms with van der Waals surface area (Å²) < 4.78 is 7.04. The van der Waals surface area contributed by atoms with Gasteiger partial charge in [0.1, 0.15) is 5.75 Å². The Bertz CT molecular complexity index is 728. The van der Waals surface area contributed by atoms with Gasteiger partial charge in [-0.1, -0.05) is 11.3 Å². The number of hydrogen-bond donors (Lipinski definition) is 1. The number of hydrogen-bond acceptors (Lipinski definition) is 5. The zero-order valence-corrected chi connectivity index (χ0v) is 11.8. The van der Waals surface area contributed by atoms with Crippen LogP contribution in [0.25, 0.3) is 16.2 Å². The number of aryl methyl sites for hydroxylation is 2. The second-order valence-electron chi connectivity index (χ2n) is 4.43. The molecule has 5 nitrogen and oxygen atoms in total. The molecule has 0 aliphatic carbocycles. The Kier molecular flexibility index (Phi) is 2.67. The van der Waals surface area contributed by atoms with Gasteiger partial charge in [0.25, 0.3) is 0 Å². The van der Waals surface area contributed by atoms with E-state index in [1.54, 1.807) is 11.6 Å². The zero-order valence-electron chi connectivity index (χ0n) is 11.0. The Morgan fingerprint density at radius 2 is 2.05 bits per heavy atom. The molecule has 0 amide bonds. The van der Waals surface area contributed by atoms with E-state index in [-0.39, 0.29) is 0 Å². The van der Waals surface area contributed by atoms with Gasteiger partial charge in [-0.15, -0.1) is 5.10 Å². The lowest BCUT2D eigenvalue weighted by molar-refractivity contribution is 0.411.